The number of halogens is 6. The maximum Gasteiger partial charge on any atom is 0.512 e. The van der Waals surface area contributed by atoms with Gasteiger partial charge in [0.15, 0.2) is 0 Å². The van der Waals surface area contributed by atoms with E-state index < -0.39 is 53.3 Å². The van der Waals surface area contributed by atoms with Crippen molar-refractivity contribution in [3.63, 3.8) is 0 Å². The van der Waals surface area contributed by atoms with Gasteiger partial charge in [0.2, 0.25) is 0 Å². The molecule has 0 spiro atoms. The van der Waals surface area contributed by atoms with Crippen molar-refractivity contribution in [3.05, 3.63) is 0 Å². The van der Waals surface area contributed by atoms with Gasteiger partial charge in [0, 0.05) is 6.54 Å². The third kappa shape index (κ3) is 4.32. The van der Waals surface area contributed by atoms with Gasteiger partial charge in [-0.2, -0.15) is 26.3 Å². The second-order valence-electron chi connectivity index (χ2n) is 5.43. The van der Waals surface area contributed by atoms with E-state index in [4.69, 9.17) is 0 Å². The van der Waals surface area contributed by atoms with Gasteiger partial charge in [0.25, 0.3) is 0 Å². The molecule has 6 nitrogen and oxygen atoms in total. The first kappa shape index (κ1) is 21.4. The molecule has 0 unspecified atom stereocenters. The molecule has 0 atom stereocenters. The normalized spacial score (nSPS) is 20.3. The summed E-state index contributed by atoms with van der Waals surface area (Å²) < 4.78 is 119. The smallest absolute Gasteiger partial charge is 0.390 e. The monoisotopic (exact) mass is 407 g/mol. The quantitative estimate of drug-likeness (QED) is 0.705. The van der Waals surface area contributed by atoms with E-state index in [0.717, 1.165) is 0 Å². The fourth-order valence-electron chi connectivity index (χ4n) is 2.36. The summed E-state index contributed by atoms with van der Waals surface area (Å²) in [4.78, 5) is 0. The van der Waals surface area contributed by atoms with E-state index in [1.54, 1.807) is 0 Å². The SMILES string of the molecule is O=S(=O)(N(CCC1(O)CCCCC1)S(=O)(=O)C(F)(F)F)C(F)(F)F. The van der Waals surface area contributed by atoms with Crippen LogP contribution in [0.1, 0.15) is 38.5 Å². The zero-order valence-electron chi connectivity index (χ0n) is 12.1. The van der Waals surface area contributed by atoms with E-state index in [9.17, 15) is 48.3 Å². The Balaban J connectivity index is 3.21. The second-order valence-corrected chi connectivity index (χ2v) is 9.37. The Bertz CT molecular complexity index is 604. The molecule has 1 fully saturated rings. The molecule has 0 aliphatic heterocycles. The molecule has 0 heterocycles. The van der Waals surface area contributed by atoms with Crippen LogP contribution in [0.4, 0.5) is 26.3 Å². The molecule has 144 valence electrons. The van der Waals surface area contributed by atoms with Gasteiger partial charge < -0.3 is 5.11 Å². The summed E-state index contributed by atoms with van der Waals surface area (Å²) in [6.07, 6.45) is 0.756. The fraction of sp³-hybridized carbons (Fsp3) is 1.00. The van der Waals surface area contributed by atoms with Gasteiger partial charge >= 0.3 is 31.1 Å². The van der Waals surface area contributed by atoms with Gasteiger partial charge in [0.05, 0.1) is 5.60 Å². The number of rotatable bonds is 5. The van der Waals surface area contributed by atoms with Crippen molar-refractivity contribution in [3.8, 4) is 0 Å². The van der Waals surface area contributed by atoms with E-state index in [2.05, 4.69) is 0 Å². The number of hydrogen-bond acceptors (Lipinski definition) is 5. The van der Waals surface area contributed by atoms with Gasteiger partial charge in [0.1, 0.15) is 0 Å². The number of hydrogen-bond donors (Lipinski definition) is 1. The summed E-state index contributed by atoms with van der Waals surface area (Å²) in [5.41, 5.74) is -14.2. The van der Waals surface area contributed by atoms with Crippen LogP contribution in [-0.4, -0.2) is 48.8 Å². The number of alkyl halides is 6. The van der Waals surface area contributed by atoms with E-state index in [1.165, 1.54) is 0 Å². The molecular formula is C10H15F6NO5S2. The van der Waals surface area contributed by atoms with Crippen LogP contribution in [0.15, 0.2) is 0 Å². The summed E-state index contributed by atoms with van der Waals surface area (Å²) in [6, 6.07) is 0. The van der Waals surface area contributed by atoms with Gasteiger partial charge in [-0.3, -0.25) is 0 Å². The third-order valence-electron chi connectivity index (χ3n) is 3.67. The minimum Gasteiger partial charge on any atom is -0.390 e. The first-order chi connectivity index (χ1) is 10.5. The largest absolute Gasteiger partial charge is 0.512 e. The Morgan fingerprint density at radius 3 is 1.54 bits per heavy atom. The lowest BCUT2D eigenvalue weighted by atomic mass is 9.83. The minimum absolute atomic E-state index is 0.0268. The third-order valence-corrected chi connectivity index (χ3v) is 7.45. The first-order valence-corrected chi connectivity index (χ1v) is 9.55. The maximum atomic E-state index is 12.5. The van der Waals surface area contributed by atoms with Crippen LogP contribution in [-0.2, 0) is 20.0 Å². The maximum absolute atomic E-state index is 12.5. The molecule has 1 aliphatic rings. The standard InChI is InChI=1S/C10H15F6NO5S2/c11-9(12,13)23(19,20)17(24(21,22)10(14,15)16)7-6-8(18)4-2-1-3-5-8/h18H,1-7H2. The Morgan fingerprint density at radius 1 is 0.833 bits per heavy atom. The molecular weight excluding hydrogens is 392 g/mol. The molecule has 1 aliphatic carbocycles. The summed E-state index contributed by atoms with van der Waals surface area (Å²) >= 11 is 0. The molecule has 0 saturated heterocycles. The molecule has 1 N–H and O–H groups in total. The highest BCUT2D eigenvalue weighted by Crippen LogP contribution is 2.37. The second kappa shape index (κ2) is 6.61. The Labute approximate surface area is 134 Å². The molecule has 24 heavy (non-hydrogen) atoms. The van der Waals surface area contributed by atoms with Crippen molar-refractivity contribution in [1.82, 2.24) is 3.71 Å². The Hall–Kier alpha value is -0.600. The lowest BCUT2D eigenvalue weighted by molar-refractivity contribution is -0.0549. The van der Waals surface area contributed by atoms with E-state index in [1.807, 2.05) is 0 Å². The molecule has 1 saturated carbocycles. The molecule has 0 bridgehead atoms. The Kier molecular flexibility index (Phi) is 5.90. The van der Waals surface area contributed by atoms with Gasteiger partial charge in [-0.15, -0.1) is 0 Å². The van der Waals surface area contributed by atoms with E-state index in [-0.39, 0.29) is 12.8 Å². The van der Waals surface area contributed by atoms with Crippen molar-refractivity contribution in [2.75, 3.05) is 6.54 Å². The molecule has 0 radical (unpaired) electrons. The lowest BCUT2D eigenvalue weighted by Gasteiger charge is -2.34. The predicted molar refractivity (Wildman–Crippen MR) is 69.3 cm³/mol. The molecule has 0 aromatic rings. The molecule has 0 aromatic heterocycles. The molecule has 1 rings (SSSR count). The highest BCUT2D eigenvalue weighted by atomic mass is 32.3. The fourth-order valence-corrected chi connectivity index (χ4v) is 5.03. The van der Waals surface area contributed by atoms with E-state index >= 15 is 0 Å². The van der Waals surface area contributed by atoms with E-state index in [0.29, 0.717) is 19.3 Å². The first-order valence-electron chi connectivity index (χ1n) is 6.67. The van der Waals surface area contributed by atoms with Crippen LogP contribution >= 0.6 is 0 Å². The van der Waals surface area contributed by atoms with Crippen LogP contribution in [0.2, 0.25) is 0 Å². The highest BCUT2D eigenvalue weighted by Gasteiger charge is 2.61. The highest BCUT2D eigenvalue weighted by molar-refractivity contribution is 8.04. The van der Waals surface area contributed by atoms with Crippen molar-refractivity contribution in [2.45, 2.75) is 55.1 Å². The lowest BCUT2D eigenvalue weighted by Crippen LogP contribution is -2.51. The number of sulfonamides is 2. The molecule has 14 heteroatoms. The zero-order chi connectivity index (χ0) is 19.0. The minimum atomic E-state index is -6.79. The van der Waals surface area contributed by atoms with Crippen molar-refractivity contribution >= 4 is 20.0 Å². The number of aliphatic hydroxyl groups is 1. The van der Waals surface area contributed by atoms with Gasteiger partial charge in [-0.1, -0.05) is 23.0 Å². The average Bonchev–Trinajstić information content (AvgIpc) is 2.36. The summed E-state index contributed by atoms with van der Waals surface area (Å²) in [7, 11) is -13.6. The molecule has 0 aromatic carbocycles. The topological polar surface area (TPSA) is 91.8 Å². The van der Waals surface area contributed by atoms with Gasteiger partial charge in [-0.05, 0) is 19.3 Å². The number of nitrogens with zero attached hydrogens (tertiary/aromatic N) is 1. The van der Waals surface area contributed by atoms with Gasteiger partial charge in [-0.25, -0.2) is 16.8 Å². The average molecular weight is 407 g/mol. The van der Waals surface area contributed by atoms with Crippen LogP contribution in [0.3, 0.4) is 0 Å². The predicted octanol–water partition coefficient (Wildman–Crippen LogP) is 2.07. The van der Waals surface area contributed by atoms with Crippen molar-refractivity contribution in [1.29, 1.82) is 0 Å². The van der Waals surface area contributed by atoms with Crippen LogP contribution in [0.5, 0.6) is 0 Å². The zero-order valence-corrected chi connectivity index (χ0v) is 13.7. The summed E-state index contributed by atoms with van der Waals surface area (Å²) in [5, 5.41) is 10.1. The van der Waals surface area contributed by atoms with Crippen molar-refractivity contribution in [2.24, 2.45) is 0 Å². The van der Waals surface area contributed by atoms with Crippen LogP contribution in [0, 0.1) is 0 Å². The summed E-state index contributed by atoms with van der Waals surface area (Å²) in [6.45, 7) is -1.65. The summed E-state index contributed by atoms with van der Waals surface area (Å²) in [5.74, 6) is 0. The van der Waals surface area contributed by atoms with Crippen LogP contribution in [0.25, 0.3) is 0 Å². The van der Waals surface area contributed by atoms with Crippen LogP contribution < -0.4 is 0 Å². The molecule has 0 amide bonds. The van der Waals surface area contributed by atoms with Crippen molar-refractivity contribution < 1.29 is 48.3 Å². The Morgan fingerprint density at radius 2 is 1.21 bits per heavy atom.